The zero-order valence-electron chi connectivity index (χ0n) is 16.4. The van der Waals surface area contributed by atoms with Crippen LogP contribution in [0.15, 0.2) is 53.7 Å². The predicted molar refractivity (Wildman–Crippen MR) is 112 cm³/mol. The Bertz CT molecular complexity index is 812. The number of amidine groups is 1. The fourth-order valence-electron chi connectivity index (χ4n) is 3.31. The molecule has 3 rings (SSSR count). The number of nitrogens with two attached hydrogens (primary N) is 1. The lowest BCUT2D eigenvalue weighted by Crippen LogP contribution is -2.30. The third kappa shape index (κ3) is 5.82. The van der Waals surface area contributed by atoms with Crippen LogP contribution in [-0.2, 0) is 16.2 Å². The van der Waals surface area contributed by atoms with Gasteiger partial charge in [-0.25, -0.2) is 0 Å². The van der Waals surface area contributed by atoms with E-state index in [1.165, 1.54) is 19.3 Å². The van der Waals surface area contributed by atoms with Crippen molar-refractivity contribution in [3.05, 3.63) is 65.2 Å². The Labute approximate surface area is 166 Å². The minimum atomic E-state index is -0.276. The highest BCUT2D eigenvalue weighted by Crippen LogP contribution is 2.16. The Hall–Kier alpha value is -2.86. The second-order valence-electron chi connectivity index (χ2n) is 7.16. The van der Waals surface area contributed by atoms with Crippen LogP contribution in [0.2, 0.25) is 0 Å². The number of hydrogen-bond acceptors (Lipinski definition) is 4. The molecule has 1 aliphatic rings. The third-order valence-corrected chi connectivity index (χ3v) is 4.83. The normalized spacial score (nSPS) is 15.2. The molecule has 0 radical (unpaired) electrons. The number of amides is 1. The predicted octanol–water partition coefficient (Wildman–Crippen LogP) is 3.26. The van der Waals surface area contributed by atoms with Crippen molar-refractivity contribution in [3.63, 3.8) is 0 Å². The van der Waals surface area contributed by atoms with Gasteiger partial charge in [-0.3, -0.25) is 9.69 Å². The number of hydrogen-bond donors (Lipinski definition) is 2. The van der Waals surface area contributed by atoms with E-state index in [0.717, 1.165) is 42.0 Å². The van der Waals surface area contributed by atoms with Gasteiger partial charge in [-0.1, -0.05) is 53.5 Å². The Morgan fingerprint density at radius 1 is 1.11 bits per heavy atom. The van der Waals surface area contributed by atoms with Gasteiger partial charge in [0.2, 0.25) is 0 Å². The van der Waals surface area contributed by atoms with E-state index in [4.69, 9.17) is 10.6 Å². The number of oxime groups is 1. The van der Waals surface area contributed by atoms with Gasteiger partial charge in [0.15, 0.2) is 12.4 Å². The quantitative estimate of drug-likeness (QED) is 0.439. The molecule has 0 spiro atoms. The van der Waals surface area contributed by atoms with Crippen LogP contribution in [0, 0.1) is 6.92 Å². The molecule has 0 bridgehead atoms. The first-order valence-corrected chi connectivity index (χ1v) is 9.74. The van der Waals surface area contributed by atoms with E-state index in [-0.39, 0.29) is 18.3 Å². The van der Waals surface area contributed by atoms with Crippen LogP contribution in [-0.4, -0.2) is 36.3 Å². The number of anilines is 1. The smallest absolute Gasteiger partial charge is 0.265 e. The van der Waals surface area contributed by atoms with Gasteiger partial charge in [-0.2, -0.15) is 0 Å². The largest absolute Gasteiger partial charge is 0.384 e. The number of aryl methyl sites for hydroxylation is 1. The monoisotopic (exact) mass is 380 g/mol. The Balaban J connectivity index is 1.55. The fraction of sp³-hybridized carbons (Fsp3) is 0.364. The molecule has 0 aromatic heterocycles. The molecule has 0 atom stereocenters. The number of nitrogens with zero attached hydrogens (tertiary/aromatic N) is 2. The van der Waals surface area contributed by atoms with Crippen molar-refractivity contribution in [2.45, 2.75) is 32.7 Å². The van der Waals surface area contributed by atoms with Crippen LogP contribution >= 0.6 is 0 Å². The fourth-order valence-corrected chi connectivity index (χ4v) is 3.31. The first-order valence-electron chi connectivity index (χ1n) is 9.74. The van der Waals surface area contributed by atoms with Gasteiger partial charge >= 0.3 is 0 Å². The Kier molecular flexibility index (Phi) is 7.03. The molecule has 28 heavy (non-hydrogen) atoms. The molecule has 0 unspecified atom stereocenters. The number of piperidine rings is 1. The maximum Gasteiger partial charge on any atom is 0.265 e. The Morgan fingerprint density at radius 3 is 2.57 bits per heavy atom. The van der Waals surface area contributed by atoms with E-state index in [2.05, 4.69) is 21.4 Å². The van der Waals surface area contributed by atoms with Crippen molar-refractivity contribution < 1.29 is 9.63 Å². The number of nitrogens with one attached hydrogen (secondary N) is 1. The van der Waals surface area contributed by atoms with Crippen LogP contribution in [0.3, 0.4) is 0 Å². The van der Waals surface area contributed by atoms with Crippen molar-refractivity contribution in [2.24, 2.45) is 10.9 Å². The summed E-state index contributed by atoms with van der Waals surface area (Å²) >= 11 is 0. The molecular formula is C22H28N4O2. The summed E-state index contributed by atoms with van der Waals surface area (Å²) in [4.78, 5) is 19.6. The number of carbonyl (C=O) groups excluding carboxylic acids is 1. The zero-order chi connectivity index (χ0) is 19.8. The van der Waals surface area contributed by atoms with Crippen LogP contribution in [0.5, 0.6) is 0 Å². The van der Waals surface area contributed by atoms with Crippen molar-refractivity contribution in [1.29, 1.82) is 0 Å². The maximum atomic E-state index is 12.0. The molecule has 1 fully saturated rings. The van der Waals surface area contributed by atoms with Gasteiger partial charge in [0.1, 0.15) is 0 Å². The van der Waals surface area contributed by atoms with Gasteiger partial charge in [0.25, 0.3) is 5.91 Å². The highest BCUT2D eigenvalue weighted by Gasteiger charge is 2.14. The molecule has 148 valence electrons. The van der Waals surface area contributed by atoms with E-state index in [1.807, 2.05) is 49.4 Å². The van der Waals surface area contributed by atoms with Gasteiger partial charge in [0, 0.05) is 17.8 Å². The highest BCUT2D eigenvalue weighted by atomic mass is 16.6. The highest BCUT2D eigenvalue weighted by molar-refractivity contribution is 5.98. The summed E-state index contributed by atoms with van der Waals surface area (Å²) in [5, 5.41) is 6.73. The lowest BCUT2D eigenvalue weighted by atomic mass is 10.0. The molecule has 2 aromatic carbocycles. The summed E-state index contributed by atoms with van der Waals surface area (Å²) in [5.41, 5.74) is 9.97. The average molecular weight is 380 g/mol. The molecular weight excluding hydrogens is 352 g/mol. The second-order valence-corrected chi connectivity index (χ2v) is 7.16. The summed E-state index contributed by atoms with van der Waals surface area (Å²) in [6.07, 6.45) is 3.79. The lowest BCUT2D eigenvalue weighted by Gasteiger charge is -2.27. The molecule has 6 nitrogen and oxygen atoms in total. The Morgan fingerprint density at radius 2 is 1.82 bits per heavy atom. The van der Waals surface area contributed by atoms with E-state index >= 15 is 0 Å². The standard InChI is InChI=1S/C22H28N4O2/c1-17-9-11-19(12-10-17)24-21(27)16-28-25-22(23)20-8-4-3-7-18(20)15-26-13-5-2-6-14-26/h3-4,7-12H,2,5-6,13-16H2,1H3,(H2,23,25)(H,24,27). The van der Waals surface area contributed by atoms with Gasteiger partial charge in [-0.05, 0) is 50.6 Å². The summed E-state index contributed by atoms with van der Waals surface area (Å²) in [6.45, 7) is 4.88. The van der Waals surface area contributed by atoms with Crippen LogP contribution < -0.4 is 11.1 Å². The summed E-state index contributed by atoms with van der Waals surface area (Å²) in [7, 11) is 0. The SMILES string of the molecule is Cc1ccc(NC(=O)CO/N=C(\N)c2ccccc2CN2CCCCC2)cc1. The minimum absolute atomic E-state index is 0.192. The molecule has 3 N–H and O–H groups in total. The summed E-state index contributed by atoms with van der Waals surface area (Å²) < 4.78 is 0. The summed E-state index contributed by atoms with van der Waals surface area (Å²) in [6, 6.07) is 15.5. The van der Waals surface area contributed by atoms with Gasteiger partial charge in [0.05, 0.1) is 0 Å². The third-order valence-electron chi connectivity index (χ3n) is 4.83. The average Bonchev–Trinajstić information content (AvgIpc) is 2.71. The van der Waals surface area contributed by atoms with Crippen molar-refractivity contribution in [1.82, 2.24) is 4.90 Å². The topological polar surface area (TPSA) is 79.9 Å². The first-order chi connectivity index (χ1) is 13.6. The zero-order valence-corrected chi connectivity index (χ0v) is 16.4. The van der Waals surface area contributed by atoms with E-state index in [1.54, 1.807) is 0 Å². The molecule has 1 saturated heterocycles. The van der Waals surface area contributed by atoms with Crippen LogP contribution in [0.4, 0.5) is 5.69 Å². The summed E-state index contributed by atoms with van der Waals surface area (Å²) in [5.74, 6) is 0.0118. The maximum absolute atomic E-state index is 12.0. The molecule has 6 heteroatoms. The van der Waals surface area contributed by atoms with Gasteiger partial charge in [-0.15, -0.1) is 0 Å². The lowest BCUT2D eigenvalue weighted by molar-refractivity contribution is -0.120. The molecule has 1 aliphatic heterocycles. The van der Waals surface area contributed by atoms with Crippen molar-refractivity contribution in [2.75, 3.05) is 25.0 Å². The second kappa shape index (κ2) is 9.90. The molecule has 1 amide bonds. The number of carbonyl (C=O) groups is 1. The van der Waals surface area contributed by atoms with Crippen LogP contribution in [0.25, 0.3) is 0 Å². The first kappa shape index (κ1) is 19.9. The van der Waals surface area contributed by atoms with Crippen LogP contribution in [0.1, 0.15) is 36.0 Å². The molecule has 2 aromatic rings. The molecule has 1 heterocycles. The minimum Gasteiger partial charge on any atom is -0.384 e. The molecule has 0 aliphatic carbocycles. The number of rotatable bonds is 7. The number of likely N-dealkylation sites (tertiary alicyclic amines) is 1. The van der Waals surface area contributed by atoms with Gasteiger partial charge < -0.3 is 15.9 Å². The van der Waals surface area contributed by atoms with E-state index < -0.39 is 0 Å². The molecule has 0 saturated carbocycles. The van der Waals surface area contributed by atoms with E-state index in [0.29, 0.717) is 0 Å². The van der Waals surface area contributed by atoms with E-state index in [9.17, 15) is 4.79 Å². The van der Waals surface area contributed by atoms with Crippen molar-refractivity contribution in [3.8, 4) is 0 Å². The van der Waals surface area contributed by atoms with Crippen molar-refractivity contribution >= 4 is 17.4 Å². The number of benzene rings is 2.